The van der Waals surface area contributed by atoms with Crippen molar-refractivity contribution in [2.24, 2.45) is 0 Å². The standard InChI is InChI=1S/C15H14ClNO5.C12H20O/c1-8(18)6-15(9(2)19)11-5-10(16)3-4-12(11)17(14(15)22)7-13(20)21;1-7-9(3)11(5)12(13-6)10(4)8-2/h3-5H,6-7H2,1-2H3,(H,20,21);8H,3,7H2,1-2,4-6H3/b;10-8-,12-11+. The third-order valence-corrected chi connectivity index (χ3v) is 6.26. The molecule has 7 nitrogen and oxygen atoms in total. The topological polar surface area (TPSA) is 101 Å². The molecular weight excluding hydrogens is 470 g/mol. The van der Waals surface area contributed by atoms with Crippen LogP contribution in [0.5, 0.6) is 0 Å². The van der Waals surface area contributed by atoms with Gasteiger partial charge in [-0.3, -0.25) is 24.1 Å². The fraction of sp³-hybridized carbons (Fsp3) is 0.407. The number of fused-ring (bicyclic) bond motifs is 1. The molecule has 0 aromatic heterocycles. The van der Waals surface area contributed by atoms with E-state index in [1.165, 1.54) is 32.0 Å². The average molecular weight is 504 g/mol. The molecule has 0 saturated carbocycles. The number of hydrogen-bond acceptors (Lipinski definition) is 5. The quantitative estimate of drug-likeness (QED) is 0.274. The number of carboxylic acids is 1. The van der Waals surface area contributed by atoms with E-state index in [0.717, 1.165) is 33.8 Å². The predicted molar refractivity (Wildman–Crippen MR) is 138 cm³/mol. The van der Waals surface area contributed by atoms with Gasteiger partial charge < -0.3 is 9.84 Å². The maximum absolute atomic E-state index is 12.8. The summed E-state index contributed by atoms with van der Waals surface area (Å²) in [4.78, 5) is 48.6. The Bertz CT molecular complexity index is 1100. The maximum atomic E-state index is 12.8. The molecule has 1 aliphatic rings. The zero-order chi connectivity index (χ0) is 27.1. The highest BCUT2D eigenvalue weighted by Crippen LogP contribution is 2.46. The predicted octanol–water partition coefficient (Wildman–Crippen LogP) is 5.42. The highest BCUT2D eigenvalue weighted by molar-refractivity contribution is 6.31. The van der Waals surface area contributed by atoms with Gasteiger partial charge in [0.05, 0.1) is 7.11 Å². The van der Waals surface area contributed by atoms with Crippen LogP contribution in [0.4, 0.5) is 5.69 Å². The van der Waals surface area contributed by atoms with E-state index in [4.69, 9.17) is 21.4 Å². The number of anilines is 1. The summed E-state index contributed by atoms with van der Waals surface area (Å²) < 4.78 is 5.34. The molecule has 35 heavy (non-hydrogen) atoms. The Balaban J connectivity index is 0.000000405. The molecule has 1 unspecified atom stereocenters. The van der Waals surface area contributed by atoms with Crippen molar-refractivity contribution in [3.63, 3.8) is 0 Å². The number of carbonyl (C=O) groups excluding carboxylic acids is 3. The first-order valence-corrected chi connectivity index (χ1v) is 11.6. The Hall–Kier alpha value is -3.19. The number of hydrogen-bond donors (Lipinski definition) is 1. The van der Waals surface area contributed by atoms with Crippen LogP contribution in [-0.2, 0) is 29.3 Å². The monoisotopic (exact) mass is 503 g/mol. The summed E-state index contributed by atoms with van der Waals surface area (Å²) in [5.74, 6) is -1.81. The van der Waals surface area contributed by atoms with Gasteiger partial charge in [-0.15, -0.1) is 0 Å². The van der Waals surface area contributed by atoms with E-state index in [-0.39, 0.29) is 17.8 Å². The van der Waals surface area contributed by atoms with Crippen molar-refractivity contribution < 1.29 is 29.0 Å². The highest BCUT2D eigenvalue weighted by Gasteiger charge is 2.55. The van der Waals surface area contributed by atoms with Crippen LogP contribution in [0.25, 0.3) is 0 Å². The smallest absolute Gasteiger partial charge is 0.323 e. The third-order valence-electron chi connectivity index (χ3n) is 6.02. The molecule has 0 spiro atoms. The van der Waals surface area contributed by atoms with E-state index in [2.05, 4.69) is 20.4 Å². The van der Waals surface area contributed by atoms with Gasteiger partial charge in [-0.1, -0.05) is 31.2 Å². The second-order valence-electron chi connectivity index (χ2n) is 8.37. The van der Waals surface area contributed by atoms with Crippen LogP contribution < -0.4 is 4.90 Å². The number of carboxylic acid groups (broad SMARTS) is 1. The molecule has 0 bridgehead atoms. The highest BCUT2D eigenvalue weighted by atomic mass is 35.5. The molecule has 2 rings (SSSR count). The molecular formula is C27H34ClNO6. The van der Waals surface area contributed by atoms with Crippen molar-refractivity contribution in [1.82, 2.24) is 0 Å². The number of ketones is 2. The van der Waals surface area contributed by atoms with Crippen molar-refractivity contribution in [3.05, 3.63) is 63.9 Å². The average Bonchev–Trinajstić information content (AvgIpc) is 3.01. The number of amides is 1. The summed E-state index contributed by atoms with van der Waals surface area (Å²) in [5.41, 5.74) is 2.34. The zero-order valence-electron chi connectivity index (χ0n) is 21.5. The molecule has 1 aromatic rings. The lowest BCUT2D eigenvalue weighted by Gasteiger charge is -2.24. The number of benzene rings is 1. The van der Waals surface area contributed by atoms with E-state index >= 15 is 0 Å². The molecule has 0 radical (unpaired) electrons. The minimum Gasteiger partial charge on any atom is -0.496 e. The van der Waals surface area contributed by atoms with E-state index < -0.39 is 29.6 Å². The second-order valence-corrected chi connectivity index (χ2v) is 8.81. The van der Waals surface area contributed by atoms with Gasteiger partial charge in [0.25, 0.3) is 0 Å². The van der Waals surface area contributed by atoms with Crippen LogP contribution in [0.1, 0.15) is 59.9 Å². The van der Waals surface area contributed by atoms with Crippen LogP contribution in [0, 0.1) is 0 Å². The molecule has 8 heteroatoms. The number of allylic oxidation sites excluding steroid dienone is 4. The van der Waals surface area contributed by atoms with Gasteiger partial charge in [0, 0.05) is 22.7 Å². The summed E-state index contributed by atoms with van der Waals surface area (Å²) in [6, 6.07) is 4.44. The Morgan fingerprint density at radius 1 is 1.20 bits per heavy atom. The molecule has 1 N–H and O–H groups in total. The number of carbonyl (C=O) groups is 4. The van der Waals surface area contributed by atoms with Gasteiger partial charge >= 0.3 is 5.97 Å². The summed E-state index contributed by atoms with van der Waals surface area (Å²) in [5, 5.41) is 9.29. The van der Waals surface area contributed by atoms with Crippen LogP contribution in [-0.4, -0.2) is 42.2 Å². The number of nitrogens with zero attached hydrogens (tertiary/aromatic N) is 1. The SMILES string of the molecule is C=C(CC)/C(C)=C(OC)\C(C)=C/C.CC(=O)CC1(C(C)=O)C(=O)N(CC(=O)O)c2ccc(Cl)cc21. The van der Waals surface area contributed by atoms with Crippen molar-refractivity contribution in [3.8, 4) is 0 Å². The largest absolute Gasteiger partial charge is 0.496 e. The van der Waals surface area contributed by atoms with Crippen molar-refractivity contribution in [2.45, 2.75) is 59.8 Å². The Labute approximate surface area is 212 Å². The number of aliphatic carboxylic acids is 1. The van der Waals surface area contributed by atoms with Crippen LogP contribution in [0.15, 0.2) is 53.3 Å². The molecule has 190 valence electrons. The zero-order valence-corrected chi connectivity index (χ0v) is 22.2. The number of Topliss-reactive ketones (excluding diaryl/α,β-unsaturated/α-hetero) is 2. The Kier molecular flexibility index (Phi) is 10.7. The Morgan fingerprint density at radius 2 is 1.80 bits per heavy atom. The van der Waals surface area contributed by atoms with E-state index in [9.17, 15) is 19.2 Å². The molecule has 0 saturated heterocycles. The maximum Gasteiger partial charge on any atom is 0.323 e. The van der Waals surface area contributed by atoms with Crippen molar-refractivity contribution >= 4 is 40.7 Å². The normalized spacial score (nSPS) is 17.7. The van der Waals surface area contributed by atoms with Gasteiger partial charge in [0.2, 0.25) is 5.91 Å². The lowest BCUT2D eigenvalue weighted by atomic mass is 9.74. The third kappa shape index (κ3) is 6.48. The molecule has 1 atom stereocenters. The molecule has 1 aromatic carbocycles. The van der Waals surface area contributed by atoms with Gasteiger partial charge in [-0.05, 0) is 76.0 Å². The number of rotatable bonds is 9. The number of methoxy groups -OCH3 is 1. The van der Waals surface area contributed by atoms with Gasteiger partial charge in [-0.25, -0.2) is 0 Å². The minimum atomic E-state index is -1.69. The summed E-state index contributed by atoms with van der Waals surface area (Å²) in [7, 11) is 1.70. The van der Waals surface area contributed by atoms with Gasteiger partial charge in [0.1, 0.15) is 29.3 Å². The first-order valence-electron chi connectivity index (χ1n) is 11.2. The van der Waals surface area contributed by atoms with Crippen LogP contribution >= 0.6 is 11.6 Å². The van der Waals surface area contributed by atoms with E-state index in [0.29, 0.717) is 10.7 Å². The lowest BCUT2D eigenvalue weighted by Crippen LogP contribution is -2.47. The fourth-order valence-electron chi connectivity index (χ4n) is 4.01. The molecule has 1 aliphatic heterocycles. The number of ether oxygens (including phenoxy) is 1. The van der Waals surface area contributed by atoms with Gasteiger partial charge in [-0.2, -0.15) is 0 Å². The van der Waals surface area contributed by atoms with Gasteiger partial charge in [0.15, 0.2) is 0 Å². The molecule has 0 fully saturated rings. The van der Waals surface area contributed by atoms with Crippen molar-refractivity contribution in [2.75, 3.05) is 18.6 Å². The second kappa shape index (κ2) is 12.5. The number of halogens is 1. The van der Waals surface area contributed by atoms with E-state index in [1.54, 1.807) is 7.11 Å². The minimum absolute atomic E-state index is 0.286. The molecule has 0 aliphatic carbocycles. The first kappa shape index (κ1) is 29.8. The fourth-order valence-corrected chi connectivity index (χ4v) is 4.18. The summed E-state index contributed by atoms with van der Waals surface area (Å²) in [6.45, 7) is 14.1. The first-order chi connectivity index (χ1) is 16.3. The lowest BCUT2D eigenvalue weighted by molar-refractivity contribution is -0.139. The molecule has 1 heterocycles. The van der Waals surface area contributed by atoms with Crippen molar-refractivity contribution in [1.29, 1.82) is 0 Å². The molecule has 1 amide bonds. The summed E-state index contributed by atoms with van der Waals surface area (Å²) in [6.07, 6.45) is 2.70. The van der Waals surface area contributed by atoms with Crippen LogP contribution in [0.2, 0.25) is 5.02 Å². The van der Waals surface area contributed by atoms with Crippen LogP contribution in [0.3, 0.4) is 0 Å². The summed E-state index contributed by atoms with van der Waals surface area (Å²) >= 11 is 5.95. The Morgan fingerprint density at radius 3 is 2.23 bits per heavy atom. The van der Waals surface area contributed by atoms with E-state index in [1.807, 2.05) is 19.9 Å².